The normalized spacial score (nSPS) is 17.8. The van der Waals surface area contributed by atoms with E-state index in [1.165, 1.54) is 16.2 Å². The molecule has 6 atom stereocenters. The van der Waals surface area contributed by atoms with Gasteiger partial charge in [-0.05, 0) is 56.7 Å². The highest BCUT2D eigenvalue weighted by Crippen LogP contribution is 2.31. The van der Waals surface area contributed by atoms with Gasteiger partial charge >= 0.3 is 12.1 Å². The van der Waals surface area contributed by atoms with Crippen LogP contribution in [0.5, 0.6) is 0 Å². The van der Waals surface area contributed by atoms with E-state index >= 15 is 0 Å². The van der Waals surface area contributed by atoms with Crippen molar-refractivity contribution in [2.45, 2.75) is 103 Å². The van der Waals surface area contributed by atoms with Crippen molar-refractivity contribution in [3.8, 4) is 0 Å². The fraction of sp³-hybridized carbons (Fsp3) is 0.632. The first-order valence-corrected chi connectivity index (χ1v) is 19.1. The van der Waals surface area contributed by atoms with Crippen LogP contribution in [0.2, 0.25) is 0 Å². The maximum Gasteiger partial charge on any atom is 0.409 e. The van der Waals surface area contributed by atoms with Crippen molar-refractivity contribution in [3.05, 3.63) is 52.0 Å². The van der Waals surface area contributed by atoms with E-state index in [0.717, 1.165) is 31.4 Å². The van der Waals surface area contributed by atoms with Gasteiger partial charge in [-0.1, -0.05) is 71.4 Å². The fourth-order valence-corrected chi connectivity index (χ4v) is 7.33. The summed E-state index contributed by atoms with van der Waals surface area (Å²) >= 11 is 1.17. The molecular formula is C38H58N6O7S. The predicted molar refractivity (Wildman–Crippen MR) is 201 cm³/mol. The summed E-state index contributed by atoms with van der Waals surface area (Å²) in [5, 5.41) is 17.5. The Morgan fingerprint density at radius 1 is 0.981 bits per heavy atom. The van der Waals surface area contributed by atoms with Gasteiger partial charge < -0.3 is 30.3 Å². The summed E-state index contributed by atoms with van der Waals surface area (Å²) in [4.78, 5) is 75.1. The molecule has 2 aromatic rings. The van der Waals surface area contributed by atoms with Gasteiger partial charge in [0.05, 0.1) is 12.0 Å². The van der Waals surface area contributed by atoms with Crippen molar-refractivity contribution in [1.82, 2.24) is 30.3 Å². The first kappa shape index (κ1) is 42.4. The van der Waals surface area contributed by atoms with Crippen LogP contribution in [0, 0.1) is 17.8 Å². The van der Waals surface area contributed by atoms with Crippen LogP contribution in [0.15, 0.2) is 35.7 Å². The number of rotatable bonds is 17. The monoisotopic (exact) mass is 742 g/mol. The van der Waals surface area contributed by atoms with Crippen LogP contribution in [0.4, 0.5) is 4.79 Å². The number of nitrogens with one attached hydrogen (secondary N) is 2. The zero-order chi connectivity index (χ0) is 38.7. The van der Waals surface area contributed by atoms with E-state index in [2.05, 4.69) is 15.6 Å². The van der Waals surface area contributed by atoms with Crippen molar-refractivity contribution in [3.63, 3.8) is 0 Å². The number of hydrogen-bond donors (Lipinski definition) is 3. The largest absolute Gasteiger partial charge is 0.481 e. The zero-order valence-electron chi connectivity index (χ0n) is 32.1. The molecule has 0 unspecified atom stereocenters. The lowest BCUT2D eigenvalue weighted by atomic mass is 9.94. The molecule has 0 radical (unpaired) electrons. The van der Waals surface area contributed by atoms with Gasteiger partial charge in [0.2, 0.25) is 11.8 Å². The number of ether oxygens (including phenoxy) is 1. The van der Waals surface area contributed by atoms with Gasteiger partial charge in [0.1, 0.15) is 16.7 Å². The maximum atomic E-state index is 14.1. The summed E-state index contributed by atoms with van der Waals surface area (Å²) in [6.07, 6.45) is 2.12. The van der Waals surface area contributed by atoms with E-state index in [0.29, 0.717) is 11.4 Å². The third kappa shape index (κ3) is 12.0. The van der Waals surface area contributed by atoms with E-state index in [1.807, 2.05) is 70.0 Å². The Bertz CT molecular complexity index is 1500. The van der Waals surface area contributed by atoms with Gasteiger partial charge in [0, 0.05) is 45.0 Å². The zero-order valence-corrected chi connectivity index (χ0v) is 32.9. The smallest absolute Gasteiger partial charge is 0.409 e. The van der Waals surface area contributed by atoms with E-state index in [-0.39, 0.29) is 48.2 Å². The topological polar surface area (TPSA) is 161 Å². The second-order valence-corrected chi connectivity index (χ2v) is 15.8. The number of aromatic nitrogens is 1. The molecule has 2 heterocycles. The number of benzene rings is 1. The number of nitrogens with zero attached hydrogens (tertiary/aromatic N) is 4. The van der Waals surface area contributed by atoms with Gasteiger partial charge in [0.25, 0.3) is 5.91 Å². The lowest BCUT2D eigenvalue weighted by molar-refractivity contribution is -0.141. The summed E-state index contributed by atoms with van der Waals surface area (Å²) < 4.78 is 5.93. The number of carbonyl (C=O) groups excluding carboxylic acids is 4. The number of carbonyl (C=O) groups is 5. The van der Waals surface area contributed by atoms with Gasteiger partial charge in [-0.3, -0.25) is 24.1 Å². The molecule has 0 spiro atoms. The third-order valence-electron chi connectivity index (χ3n) is 9.73. The van der Waals surface area contributed by atoms with Gasteiger partial charge in [-0.15, -0.1) is 11.3 Å². The Morgan fingerprint density at radius 3 is 2.23 bits per heavy atom. The first-order chi connectivity index (χ1) is 24.5. The van der Waals surface area contributed by atoms with Crippen molar-refractivity contribution in [2.75, 3.05) is 34.7 Å². The van der Waals surface area contributed by atoms with E-state index in [9.17, 15) is 29.1 Å². The Balaban J connectivity index is 1.84. The Labute approximate surface area is 312 Å². The number of carboxylic acid groups (broad SMARTS) is 1. The molecule has 3 rings (SSSR count). The lowest BCUT2D eigenvalue weighted by Crippen LogP contribution is -2.57. The summed E-state index contributed by atoms with van der Waals surface area (Å²) in [6.45, 7) is 10.2. The minimum absolute atomic E-state index is 0.0693. The van der Waals surface area contributed by atoms with Crippen LogP contribution in [0.3, 0.4) is 0 Å². The van der Waals surface area contributed by atoms with Crippen LogP contribution in [-0.2, 0) is 25.5 Å². The van der Waals surface area contributed by atoms with Crippen LogP contribution in [0.25, 0.3) is 0 Å². The second kappa shape index (κ2) is 19.7. The minimum atomic E-state index is -0.948. The highest BCUT2D eigenvalue weighted by Gasteiger charge is 2.37. The molecule has 14 heteroatoms. The second-order valence-electron chi connectivity index (χ2n) is 14.9. The number of hydrogen-bond acceptors (Lipinski definition) is 9. The van der Waals surface area contributed by atoms with Crippen LogP contribution < -0.4 is 10.6 Å². The molecule has 3 N–H and O–H groups in total. The summed E-state index contributed by atoms with van der Waals surface area (Å²) in [6, 6.07) is 7.60. The number of piperidine rings is 1. The number of amides is 4. The van der Waals surface area contributed by atoms with Crippen LogP contribution in [-0.4, -0.2) is 113 Å². The van der Waals surface area contributed by atoms with Crippen molar-refractivity contribution in [2.24, 2.45) is 17.8 Å². The predicted octanol–water partition coefficient (Wildman–Crippen LogP) is 4.83. The molecule has 0 bridgehead atoms. The SMILES string of the molecule is CC(C)[C@H](NC(=O)[C@H]1CCCCN1C)C(=O)N(C)[C@H](C[C@@H](OC(=O)N(C)C)c1nc(C(=O)N[C@@H](Cc2ccccc2)C[C@H](C)C(=O)O)cs1)C(C)C. The highest BCUT2D eigenvalue weighted by atomic mass is 32.1. The number of likely N-dealkylation sites (N-methyl/N-ethyl adjacent to an activating group) is 2. The molecule has 1 aromatic heterocycles. The molecule has 0 saturated carbocycles. The molecule has 1 fully saturated rings. The number of carboxylic acids is 1. The van der Waals surface area contributed by atoms with Crippen molar-refractivity contribution >= 4 is 41.1 Å². The lowest BCUT2D eigenvalue weighted by Gasteiger charge is -2.38. The Kier molecular flexibility index (Phi) is 16.1. The molecule has 13 nitrogen and oxygen atoms in total. The highest BCUT2D eigenvalue weighted by molar-refractivity contribution is 7.09. The standard InChI is InChI=1S/C38H58N6O7S/c1-23(2)30(44(9)36(47)32(24(3)4)41-34(46)29-17-13-14-18-43(29)8)21-31(51-38(50)42(6)7)35-40-28(22-52-35)33(45)39-27(19-25(5)37(48)49)20-26-15-11-10-12-16-26/h10-12,15-16,22-25,27,29-32H,13-14,17-21H2,1-9H3,(H,39,45)(H,41,46)(H,48,49)/t25-,27+,29+,30+,31+,32-/m0/s1. The molecule has 288 valence electrons. The third-order valence-corrected chi connectivity index (χ3v) is 10.7. The molecular weight excluding hydrogens is 685 g/mol. The Morgan fingerprint density at radius 2 is 1.65 bits per heavy atom. The molecule has 1 aromatic carbocycles. The number of aliphatic carboxylic acids is 1. The van der Waals surface area contributed by atoms with E-state index in [4.69, 9.17) is 4.74 Å². The first-order valence-electron chi connectivity index (χ1n) is 18.2. The number of thiazole rings is 1. The average Bonchev–Trinajstić information content (AvgIpc) is 3.59. The number of likely N-dealkylation sites (tertiary alicyclic amines) is 1. The molecule has 1 aliphatic rings. The van der Waals surface area contributed by atoms with Crippen LogP contribution in [0.1, 0.15) is 93.9 Å². The van der Waals surface area contributed by atoms with E-state index < -0.39 is 48.1 Å². The molecule has 52 heavy (non-hydrogen) atoms. The molecule has 4 amide bonds. The maximum absolute atomic E-state index is 14.1. The molecule has 1 aliphatic heterocycles. The summed E-state index contributed by atoms with van der Waals surface area (Å²) in [5.74, 6) is -2.73. The van der Waals surface area contributed by atoms with E-state index in [1.54, 1.807) is 38.3 Å². The van der Waals surface area contributed by atoms with Crippen LogP contribution >= 0.6 is 11.3 Å². The minimum Gasteiger partial charge on any atom is -0.481 e. The average molecular weight is 743 g/mol. The van der Waals surface area contributed by atoms with Gasteiger partial charge in [-0.25, -0.2) is 9.78 Å². The quantitative estimate of drug-likeness (QED) is 0.206. The summed E-state index contributed by atoms with van der Waals surface area (Å²) in [7, 11) is 6.78. The molecule has 1 saturated heterocycles. The Hall–Kier alpha value is -4.04. The van der Waals surface area contributed by atoms with Crippen molar-refractivity contribution < 1.29 is 33.8 Å². The molecule has 0 aliphatic carbocycles. The summed E-state index contributed by atoms with van der Waals surface area (Å²) in [5.41, 5.74) is 1.08. The van der Waals surface area contributed by atoms with Gasteiger partial charge in [-0.2, -0.15) is 0 Å². The van der Waals surface area contributed by atoms with Gasteiger partial charge in [0.15, 0.2) is 6.10 Å². The van der Waals surface area contributed by atoms with Crippen molar-refractivity contribution in [1.29, 1.82) is 0 Å². The fourth-order valence-electron chi connectivity index (χ4n) is 6.49.